The summed E-state index contributed by atoms with van der Waals surface area (Å²) < 4.78 is 12.8. The SMILES string of the molecule is C=CCN1C[C@@H](F)C[C@H]1CN. The first kappa shape index (κ1) is 8.68. The van der Waals surface area contributed by atoms with Gasteiger partial charge in [-0.05, 0) is 6.42 Å². The number of nitrogens with zero attached hydrogens (tertiary/aromatic N) is 1. The Morgan fingerprint density at radius 1 is 1.73 bits per heavy atom. The molecule has 0 bridgehead atoms. The molecule has 0 radical (unpaired) electrons. The van der Waals surface area contributed by atoms with E-state index in [1.807, 2.05) is 4.90 Å². The third kappa shape index (κ3) is 2.01. The van der Waals surface area contributed by atoms with Crippen LogP contribution >= 0.6 is 0 Å². The molecule has 0 amide bonds. The van der Waals surface area contributed by atoms with Gasteiger partial charge >= 0.3 is 0 Å². The molecule has 0 unspecified atom stereocenters. The van der Waals surface area contributed by atoms with E-state index in [4.69, 9.17) is 5.73 Å². The quantitative estimate of drug-likeness (QED) is 0.607. The Bertz CT molecular complexity index is 138. The fraction of sp³-hybridized carbons (Fsp3) is 0.750. The molecule has 1 saturated heterocycles. The Balaban J connectivity index is 2.43. The maximum absolute atomic E-state index is 12.8. The lowest BCUT2D eigenvalue weighted by molar-refractivity contribution is 0.271. The summed E-state index contributed by atoms with van der Waals surface area (Å²) in [5, 5.41) is 0. The highest BCUT2D eigenvalue weighted by Gasteiger charge is 2.29. The molecule has 11 heavy (non-hydrogen) atoms. The molecule has 1 aliphatic rings. The predicted octanol–water partition coefficient (Wildman–Crippen LogP) is 0.544. The van der Waals surface area contributed by atoms with Crippen molar-refractivity contribution >= 4 is 0 Å². The third-order valence-electron chi connectivity index (χ3n) is 2.11. The van der Waals surface area contributed by atoms with Gasteiger partial charge in [-0.3, -0.25) is 4.90 Å². The van der Waals surface area contributed by atoms with E-state index in [2.05, 4.69) is 6.58 Å². The van der Waals surface area contributed by atoms with Gasteiger partial charge < -0.3 is 5.73 Å². The molecule has 2 N–H and O–H groups in total. The number of nitrogens with two attached hydrogens (primary N) is 1. The average molecular weight is 158 g/mol. The Labute approximate surface area is 66.9 Å². The largest absolute Gasteiger partial charge is 0.329 e. The van der Waals surface area contributed by atoms with Crippen LogP contribution in [0.3, 0.4) is 0 Å². The molecule has 0 saturated carbocycles. The van der Waals surface area contributed by atoms with E-state index >= 15 is 0 Å². The average Bonchev–Trinajstić information content (AvgIpc) is 2.32. The third-order valence-corrected chi connectivity index (χ3v) is 2.11. The molecule has 64 valence electrons. The smallest absolute Gasteiger partial charge is 0.114 e. The van der Waals surface area contributed by atoms with Crippen molar-refractivity contribution in [1.82, 2.24) is 4.90 Å². The van der Waals surface area contributed by atoms with Gasteiger partial charge in [0.2, 0.25) is 0 Å². The molecule has 1 heterocycles. The molecule has 1 rings (SSSR count). The predicted molar refractivity (Wildman–Crippen MR) is 44.1 cm³/mol. The zero-order valence-corrected chi connectivity index (χ0v) is 6.67. The monoisotopic (exact) mass is 158 g/mol. The number of halogens is 1. The van der Waals surface area contributed by atoms with Crippen molar-refractivity contribution in [2.24, 2.45) is 5.73 Å². The first-order valence-electron chi connectivity index (χ1n) is 3.97. The molecule has 2 atom stereocenters. The summed E-state index contributed by atoms with van der Waals surface area (Å²) in [5.41, 5.74) is 5.47. The molecule has 2 nitrogen and oxygen atoms in total. The van der Waals surface area contributed by atoms with Crippen molar-refractivity contribution in [3.63, 3.8) is 0 Å². The van der Waals surface area contributed by atoms with Crippen molar-refractivity contribution in [2.45, 2.75) is 18.6 Å². The van der Waals surface area contributed by atoms with Crippen molar-refractivity contribution in [2.75, 3.05) is 19.6 Å². The van der Waals surface area contributed by atoms with Crippen molar-refractivity contribution < 1.29 is 4.39 Å². The van der Waals surface area contributed by atoms with Gasteiger partial charge in [0.1, 0.15) is 6.17 Å². The van der Waals surface area contributed by atoms with E-state index < -0.39 is 6.17 Å². The lowest BCUT2D eigenvalue weighted by atomic mass is 10.2. The van der Waals surface area contributed by atoms with Gasteiger partial charge in [0.05, 0.1) is 0 Å². The molecular formula is C8H15FN2. The molecule has 0 aromatic carbocycles. The topological polar surface area (TPSA) is 29.3 Å². The van der Waals surface area contributed by atoms with Gasteiger partial charge in [0, 0.05) is 25.7 Å². The van der Waals surface area contributed by atoms with E-state index in [0.29, 0.717) is 19.5 Å². The number of rotatable bonds is 3. The number of likely N-dealkylation sites (tertiary alicyclic amines) is 1. The van der Waals surface area contributed by atoms with Gasteiger partial charge in [-0.1, -0.05) is 6.08 Å². The minimum Gasteiger partial charge on any atom is -0.329 e. The highest BCUT2D eigenvalue weighted by Crippen LogP contribution is 2.18. The normalized spacial score (nSPS) is 32.5. The van der Waals surface area contributed by atoms with Gasteiger partial charge in [0.15, 0.2) is 0 Å². The minimum absolute atomic E-state index is 0.225. The van der Waals surface area contributed by atoms with Crippen LogP contribution < -0.4 is 5.73 Å². The first-order valence-corrected chi connectivity index (χ1v) is 3.97. The zero-order valence-electron chi connectivity index (χ0n) is 6.67. The Hall–Kier alpha value is -0.410. The Morgan fingerprint density at radius 3 is 3.00 bits per heavy atom. The highest BCUT2D eigenvalue weighted by atomic mass is 19.1. The van der Waals surface area contributed by atoms with E-state index in [1.165, 1.54) is 0 Å². The Morgan fingerprint density at radius 2 is 2.45 bits per heavy atom. The molecular weight excluding hydrogens is 143 g/mol. The summed E-state index contributed by atoms with van der Waals surface area (Å²) in [6.07, 6.45) is 1.69. The summed E-state index contributed by atoms with van der Waals surface area (Å²) >= 11 is 0. The lowest BCUT2D eigenvalue weighted by Gasteiger charge is -2.20. The van der Waals surface area contributed by atoms with Crippen LogP contribution in [0.5, 0.6) is 0 Å². The molecule has 0 aliphatic carbocycles. The van der Waals surface area contributed by atoms with Gasteiger partial charge in [-0.25, -0.2) is 4.39 Å². The highest BCUT2D eigenvalue weighted by molar-refractivity contribution is 4.89. The standard InChI is InChI=1S/C8H15FN2/c1-2-3-11-6-7(9)4-8(11)5-10/h2,7-8H,1,3-6,10H2/t7-,8-/m0/s1. The molecule has 1 aliphatic heterocycles. The van der Waals surface area contributed by atoms with Gasteiger partial charge in [-0.2, -0.15) is 0 Å². The van der Waals surface area contributed by atoms with Crippen LogP contribution in [0.25, 0.3) is 0 Å². The molecule has 0 aromatic heterocycles. The molecule has 3 heteroatoms. The molecule has 0 aromatic rings. The number of alkyl halides is 1. The fourth-order valence-electron chi connectivity index (χ4n) is 1.56. The maximum atomic E-state index is 12.8. The molecule has 0 spiro atoms. The second-order valence-electron chi connectivity index (χ2n) is 2.97. The summed E-state index contributed by atoms with van der Waals surface area (Å²) in [7, 11) is 0. The number of hydrogen-bond acceptors (Lipinski definition) is 2. The summed E-state index contributed by atoms with van der Waals surface area (Å²) in [4.78, 5) is 2.04. The van der Waals surface area contributed by atoms with Gasteiger partial charge in [0.25, 0.3) is 0 Å². The number of hydrogen-bond donors (Lipinski definition) is 1. The van der Waals surface area contributed by atoms with Crippen molar-refractivity contribution in [3.8, 4) is 0 Å². The van der Waals surface area contributed by atoms with Crippen LogP contribution in [0.4, 0.5) is 4.39 Å². The second-order valence-corrected chi connectivity index (χ2v) is 2.97. The fourth-order valence-corrected chi connectivity index (χ4v) is 1.56. The summed E-state index contributed by atoms with van der Waals surface area (Å²) in [6.45, 7) is 5.44. The minimum atomic E-state index is -0.691. The van der Waals surface area contributed by atoms with Crippen LogP contribution in [0.15, 0.2) is 12.7 Å². The Kier molecular flexibility index (Phi) is 3.02. The van der Waals surface area contributed by atoms with E-state index in [9.17, 15) is 4.39 Å². The van der Waals surface area contributed by atoms with Crippen LogP contribution in [-0.4, -0.2) is 36.7 Å². The summed E-state index contributed by atoms with van der Waals surface area (Å²) in [6, 6.07) is 0.225. The van der Waals surface area contributed by atoms with Crippen molar-refractivity contribution in [1.29, 1.82) is 0 Å². The van der Waals surface area contributed by atoms with Crippen LogP contribution in [0, 0.1) is 0 Å². The second kappa shape index (κ2) is 3.83. The summed E-state index contributed by atoms with van der Waals surface area (Å²) in [5.74, 6) is 0. The van der Waals surface area contributed by atoms with E-state index in [-0.39, 0.29) is 6.04 Å². The van der Waals surface area contributed by atoms with Gasteiger partial charge in [-0.15, -0.1) is 6.58 Å². The maximum Gasteiger partial charge on any atom is 0.114 e. The lowest BCUT2D eigenvalue weighted by Crippen LogP contribution is -2.35. The van der Waals surface area contributed by atoms with Crippen LogP contribution in [0.1, 0.15) is 6.42 Å². The van der Waals surface area contributed by atoms with E-state index in [0.717, 1.165) is 6.54 Å². The van der Waals surface area contributed by atoms with E-state index in [1.54, 1.807) is 6.08 Å². The van der Waals surface area contributed by atoms with Crippen molar-refractivity contribution in [3.05, 3.63) is 12.7 Å². The molecule has 1 fully saturated rings. The van der Waals surface area contributed by atoms with Crippen LogP contribution in [-0.2, 0) is 0 Å². The van der Waals surface area contributed by atoms with Crippen LogP contribution in [0.2, 0.25) is 0 Å². The zero-order chi connectivity index (χ0) is 8.27. The first-order chi connectivity index (χ1) is 5.27.